The molecule has 0 saturated heterocycles. The molecule has 3 heteroatoms. The summed E-state index contributed by atoms with van der Waals surface area (Å²) < 4.78 is 6.53. The van der Waals surface area contributed by atoms with Crippen LogP contribution in [0.3, 0.4) is 0 Å². The predicted octanol–water partition coefficient (Wildman–Crippen LogP) is 3.25. The van der Waals surface area contributed by atoms with E-state index < -0.39 is 0 Å². The number of fused-ring (bicyclic) bond motifs is 1. The van der Waals surface area contributed by atoms with Crippen LogP contribution in [0, 0.1) is 0 Å². The molecule has 0 bridgehead atoms. The van der Waals surface area contributed by atoms with Gasteiger partial charge >= 0.3 is 0 Å². The number of hydrogen-bond acceptors (Lipinski definition) is 2. The van der Waals surface area contributed by atoms with E-state index in [2.05, 4.69) is 22.9 Å². The van der Waals surface area contributed by atoms with Gasteiger partial charge in [-0.05, 0) is 24.6 Å². The lowest BCUT2D eigenvalue weighted by atomic mass is 10.1. The second-order valence-electron chi connectivity index (χ2n) is 3.16. The molecule has 0 unspecified atom stereocenters. The van der Waals surface area contributed by atoms with Crippen molar-refractivity contribution in [2.45, 2.75) is 20.0 Å². The molecule has 2 rings (SSSR count). The Bertz CT molecular complexity index is 460. The maximum atomic E-state index is 9.11. The van der Waals surface area contributed by atoms with Crippen LogP contribution >= 0.6 is 15.9 Å². The van der Waals surface area contributed by atoms with Gasteiger partial charge in [0.2, 0.25) is 0 Å². The van der Waals surface area contributed by atoms with Gasteiger partial charge in [-0.15, -0.1) is 0 Å². The van der Waals surface area contributed by atoms with E-state index in [1.807, 2.05) is 18.2 Å². The highest BCUT2D eigenvalue weighted by Crippen LogP contribution is 2.28. The van der Waals surface area contributed by atoms with Gasteiger partial charge in [-0.1, -0.05) is 22.9 Å². The van der Waals surface area contributed by atoms with Crippen molar-refractivity contribution in [1.82, 2.24) is 0 Å². The fourth-order valence-electron chi connectivity index (χ4n) is 1.69. The second-order valence-corrected chi connectivity index (χ2v) is 4.07. The quantitative estimate of drug-likeness (QED) is 0.893. The minimum absolute atomic E-state index is 0.0323. The van der Waals surface area contributed by atoms with Crippen LogP contribution < -0.4 is 0 Å². The summed E-state index contributed by atoms with van der Waals surface area (Å²) in [5.41, 5.74) is 1.94. The fraction of sp³-hybridized carbons (Fsp3) is 0.273. The average molecular weight is 255 g/mol. The zero-order valence-electron chi connectivity index (χ0n) is 7.88. The van der Waals surface area contributed by atoms with Crippen LogP contribution in [0.2, 0.25) is 0 Å². The largest absolute Gasteiger partial charge is 0.458 e. The average Bonchev–Trinajstić information content (AvgIpc) is 2.54. The van der Waals surface area contributed by atoms with Crippen molar-refractivity contribution in [2.75, 3.05) is 0 Å². The molecule has 14 heavy (non-hydrogen) atoms. The number of hydrogen-bond donors (Lipinski definition) is 1. The maximum Gasteiger partial charge on any atom is 0.135 e. The lowest BCUT2D eigenvalue weighted by Gasteiger charge is -1.94. The molecule has 0 aliphatic heterocycles. The summed E-state index contributed by atoms with van der Waals surface area (Å²) in [5.74, 6) is 0.681. The molecular weight excluding hydrogens is 244 g/mol. The van der Waals surface area contributed by atoms with E-state index in [0.29, 0.717) is 5.76 Å². The Morgan fingerprint density at radius 2 is 2.21 bits per heavy atom. The van der Waals surface area contributed by atoms with E-state index in [4.69, 9.17) is 9.52 Å². The number of benzene rings is 1. The molecular formula is C11H11BrO2. The SMILES string of the molecule is CCc1c(CO)oc2cc(Br)ccc12. The fourth-order valence-corrected chi connectivity index (χ4v) is 2.03. The third kappa shape index (κ3) is 1.47. The van der Waals surface area contributed by atoms with Crippen LogP contribution in [0.15, 0.2) is 27.1 Å². The number of halogens is 1. The van der Waals surface area contributed by atoms with Gasteiger partial charge in [0.15, 0.2) is 0 Å². The zero-order valence-corrected chi connectivity index (χ0v) is 9.47. The van der Waals surface area contributed by atoms with Crippen LogP contribution in [-0.2, 0) is 13.0 Å². The van der Waals surface area contributed by atoms with Crippen molar-refractivity contribution in [3.05, 3.63) is 34.0 Å². The van der Waals surface area contributed by atoms with Crippen LogP contribution in [0.5, 0.6) is 0 Å². The van der Waals surface area contributed by atoms with Crippen molar-refractivity contribution in [3.63, 3.8) is 0 Å². The number of rotatable bonds is 2. The van der Waals surface area contributed by atoms with Gasteiger partial charge in [0.25, 0.3) is 0 Å². The summed E-state index contributed by atoms with van der Waals surface area (Å²) in [5, 5.41) is 10.2. The number of aryl methyl sites for hydroxylation is 1. The van der Waals surface area contributed by atoms with E-state index >= 15 is 0 Å². The molecule has 1 N–H and O–H groups in total. The molecule has 0 atom stereocenters. The van der Waals surface area contributed by atoms with Crippen LogP contribution in [0.25, 0.3) is 11.0 Å². The standard InChI is InChI=1S/C11H11BrO2/c1-2-8-9-4-3-7(12)5-10(9)14-11(8)6-13/h3-5,13H,2,6H2,1H3. The van der Waals surface area contributed by atoms with E-state index in [9.17, 15) is 0 Å². The van der Waals surface area contributed by atoms with Gasteiger partial charge in [-0.3, -0.25) is 0 Å². The molecule has 1 aromatic heterocycles. The van der Waals surface area contributed by atoms with E-state index in [1.165, 1.54) is 0 Å². The molecule has 0 saturated carbocycles. The monoisotopic (exact) mass is 254 g/mol. The van der Waals surface area contributed by atoms with Gasteiger partial charge < -0.3 is 9.52 Å². The van der Waals surface area contributed by atoms with E-state index in [1.54, 1.807) is 0 Å². The smallest absolute Gasteiger partial charge is 0.135 e. The highest BCUT2D eigenvalue weighted by atomic mass is 79.9. The molecule has 0 radical (unpaired) electrons. The number of aliphatic hydroxyl groups is 1. The first-order valence-electron chi connectivity index (χ1n) is 4.57. The lowest BCUT2D eigenvalue weighted by Crippen LogP contribution is -1.85. The summed E-state index contributed by atoms with van der Waals surface area (Å²) in [6.07, 6.45) is 0.879. The molecule has 0 aliphatic carbocycles. The molecule has 2 aromatic rings. The molecule has 1 heterocycles. The normalized spacial score (nSPS) is 11.1. The molecule has 1 aromatic carbocycles. The summed E-state index contributed by atoms with van der Waals surface area (Å²) in [7, 11) is 0. The van der Waals surface area contributed by atoms with Crippen LogP contribution in [0.4, 0.5) is 0 Å². The lowest BCUT2D eigenvalue weighted by molar-refractivity contribution is 0.249. The van der Waals surface area contributed by atoms with Crippen molar-refractivity contribution >= 4 is 26.9 Å². The third-order valence-corrected chi connectivity index (χ3v) is 2.83. The van der Waals surface area contributed by atoms with Crippen molar-refractivity contribution in [2.24, 2.45) is 0 Å². The maximum absolute atomic E-state index is 9.11. The van der Waals surface area contributed by atoms with Gasteiger partial charge in [-0.25, -0.2) is 0 Å². The van der Waals surface area contributed by atoms with Crippen LogP contribution in [0.1, 0.15) is 18.2 Å². The van der Waals surface area contributed by atoms with Crippen molar-refractivity contribution in [3.8, 4) is 0 Å². The predicted molar refractivity (Wildman–Crippen MR) is 59.2 cm³/mol. The summed E-state index contributed by atoms with van der Waals surface area (Å²) in [6.45, 7) is 2.03. The van der Waals surface area contributed by atoms with Crippen LogP contribution in [-0.4, -0.2) is 5.11 Å². The number of aliphatic hydroxyl groups excluding tert-OH is 1. The first kappa shape index (κ1) is 9.74. The Balaban J connectivity index is 2.73. The molecule has 74 valence electrons. The minimum atomic E-state index is -0.0323. The summed E-state index contributed by atoms with van der Waals surface area (Å²) >= 11 is 3.39. The van der Waals surface area contributed by atoms with Crippen molar-refractivity contribution < 1.29 is 9.52 Å². The molecule has 0 fully saturated rings. The number of furan rings is 1. The van der Waals surface area contributed by atoms with E-state index in [0.717, 1.165) is 27.4 Å². The third-order valence-electron chi connectivity index (χ3n) is 2.34. The first-order valence-corrected chi connectivity index (χ1v) is 5.36. The topological polar surface area (TPSA) is 33.4 Å². The molecule has 2 nitrogen and oxygen atoms in total. The Hall–Kier alpha value is -0.800. The van der Waals surface area contributed by atoms with Gasteiger partial charge in [-0.2, -0.15) is 0 Å². The van der Waals surface area contributed by atoms with Gasteiger partial charge in [0.1, 0.15) is 18.0 Å². The Morgan fingerprint density at radius 1 is 1.43 bits per heavy atom. The molecule has 0 spiro atoms. The zero-order chi connectivity index (χ0) is 10.1. The molecule has 0 aliphatic rings. The van der Waals surface area contributed by atoms with Crippen molar-refractivity contribution in [1.29, 1.82) is 0 Å². The minimum Gasteiger partial charge on any atom is -0.458 e. The Kier molecular flexibility index (Phi) is 2.61. The second kappa shape index (κ2) is 3.75. The summed E-state index contributed by atoms with van der Waals surface area (Å²) in [4.78, 5) is 0. The molecule has 0 amide bonds. The Morgan fingerprint density at radius 3 is 2.86 bits per heavy atom. The highest BCUT2D eigenvalue weighted by molar-refractivity contribution is 9.10. The van der Waals surface area contributed by atoms with Gasteiger partial charge in [0, 0.05) is 15.4 Å². The highest BCUT2D eigenvalue weighted by Gasteiger charge is 2.11. The summed E-state index contributed by atoms with van der Waals surface area (Å²) in [6, 6.07) is 5.92. The first-order chi connectivity index (χ1) is 6.76. The van der Waals surface area contributed by atoms with E-state index in [-0.39, 0.29) is 6.61 Å². The Labute approximate surface area is 90.7 Å². The van der Waals surface area contributed by atoms with Gasteiger partial charge in [0.05, 0.1) is 0 Å².